The molecule has 0 atom stereocenters. The molecule has 0 aromatic rings. The molecular weight excluding hydrogens is 195 g/mol. The van der Waals surface area contributed by atoms with Crippen LogP contribution < -0.4 is 42.0 Å². The first-order chi connectivity index (χ1) is 2.00. The van der Waals surface area contributed by atoms with Gasteiger partial charge in [0.25, 0.3) is 0 Å². The van der Waals surface area contributed by atoms with Gasteiger partial charge in [0.15, 0.2) is 0 Å². The van der Waals surface area contributed by atoms with Gasteiger partial charge in [0.2, 0.25) is 0 Å². The second-order valence-corrected chi connectivity index (χ2v) is 1.22. The molecule has 0 amide bonds. The summed E-state index contributed by atoms with van der Waals surface area (Å²) in [4.78, 5) is 0. The Morgan fingerprint density at radius 2 is 1.11 bits per heavy atom. The maximum atomic E-state index is 8.52. The van der Waals surface area contributed by atoms with E-state index in [2.05, 4.69) is 0 Å². The van der Waals surface area contributed by atoms with E-state index in [1.54, 1.807) is 0 Å². The molecule has 0 heterocycles. The second kappa shape index (κ2) is 12.6. The smallest absolute Gasteiger partial charge is 1.00 e. The quantitative estimate of drug-likeness (QED) is 0.218. The van der Waals surface area contributed by atoms with Gasteiger partial charge in [-0.05, 0) is 0 Å². The first-order valence-electron chi connectivity index (χ1n) is 0.667. The fourth-order valence-electron chi connectivity index (χ4n) is 0. The summed E-state index contributed by atoms with van der Waals surface area (Å²) in [5, 5.41) is 0. The van der Waals surface area contributed by atoms with Crippen molar-refractivity contribution in [1.82, 2.24) is 0 Å². The van der Waals surface area contributed by atoms with Gasteiger partial charge in [-0.1, -0.05) is 0 Å². The molecule has 48 valence electrons. The third kappa shape index (κ3) is 173. The summed E-state index contributed by atoms with van der Waals surface area (Å²) >= 11 is 0. The van der Waals surface area contributed by atoms with E-state index in [-0.39, 0.29) is 70.5 Å². The van der Waals surface area contributed by atoms with Crippen molar-refractivity contribution in [2.24, 2.45) is 0 Å². The van der Waals surface area contributed by atoms with Crippen LogP contribution in [0, 0.1) is 0 Å². The molecular formula is H2ClMgNaO5S. The van der Waals surface area contributed by atoms with Gasteiger partial charge >= 0.3 is 52.6 Å². The van der Waals surface area contributed by atoms with E-state index < -0.39 is 10.4 Å². The Morgan fingerprint density at radius 3 is 1.11 bits per heavy atom. The van der Waals surface area contributed by atoms with E-state index in [1.165, 1.54) is 0 Å². The first-order valence-corrected chi connectivity index (χ1v) is 2.00. The first kappa shape index (κ1) is 30.7. The molecule has 0 aliphatic rings. The van der Waals surface area contributed by atoms with Crippen LogP contribution in [0.15, 0.2) is 0 Å². The van der Waals surface area contributed by atoms with Gasteiger partial charge in [-0.2, -0.15) is 0 Å². The maximum absolute atomic E-state index is 8.52. The Bertz CT molecular complexity index is 100. The molecule has 9 heavy (non-hydrogen) atoms. The van der Waals surface area contributed by atoms with Crippen molar-refractivity contribution in [3.05, 3.63) is 0 Å². The molecule has 9 heteroatoms. The van der Waals surface area contributed by atoms with Crippen LogP contribution in [0.2, 0.25) is 0 Å². The van der Waals surface area contributed by atoms with E-state index in [0.29, 0.717) is 0 Å². The normalized spacial score (nSPS) is 6.44. The van der Waals surface area contributed by atoms with Gasteiger partial charge in [0.1, 0.15) is 0 Å². The van der Waals surface area contributed by atoms with E-state index in [1.807, 2.05) is 0 Å². The fourth-order valence-corrected chi connectivity index (χ4v) is 0. The number of halogens is 1. The van der Waals surface area contributed by atoms with Crippen LogP contribution in [-0.4, -0.2) is 46.1 Å². The largest absolute Gasteiger partial charge is 2.00 e. The van der Waals surface area contributed by atoms with Gasteiger partial charge in [0.05, 0.1) is 0 Å². The molecule has 0 rings (SSSR count). The molecule has 0 fully saturated rings. The number of hydrogen-bond donors (Lipinski definition) is 0. The second-order valence-electron chi connectivity index (χ2n) is 0.408. The molecule has 0 bridgehead atoms. The zero-order valence-electron chi connectivity index (χ0n) is 4.63. The van der Waals surface area contributed by atoms with Gasteiger partial charge in [-0.25, -0.2) is 0 Å². The monoisotopic (exact) mass is 196 g/mol. The zero-order chi connectivity index (χ0) is 4.50. The van der Waals surface area contributed by atoms with Crippen LogP contribution in [0.4, 0.5) is 0 Å². The summed E-state index contributed by atoms with van der Waals surface area (Å²) in [5.74, 6) is 0. The molecule has 0 aliphatic carbocycles. The number of rotatable bonds is 0. The minimum Gasteiger partial charge on any atom is -1.00 e. The fraction of sp³-hybridized carbons (Fsp3) is 0. The molecule has 0 spiro atoms. The summed E-state index contributed by atoms with van der Waals surface area (Å²) in [7, 11) is -5.17. The Morgan fingerprint density at radius 1 is 1.11 bits per heavy atom. The maximum Gasteiger partial charge on any atom is 2.00 e. The number of hydrogen-bond acceptors (Lipinski definition) is 4. The third-order valence-corrected chi connectivity index (χ3v) is 0. The van der Waals surface area contributed by atoms with E-state index >= 15 is 0 Å². The predicted octanol–water partition coefficient (Wildman–Crippen LogP) is -8.54. The molecule has 0 radical (unpaired) electrons. The van der Waals surface area contributed by atoms with Crippen molar-refractivity contribution >= 4 is 33.5 Å². The van der Waals surface area contributed by atoms with Crippen LogP contribution in [0.3, 0.4) is 0 Å². The minimum absolute atomic E-state index is 0. The summed E-state index contributed by atoms with van der Waals surface area (Å²) in [5.41, 5.74) is 0. The Labute approximate surface area is 97.3 Å². The molecule has 5 nitrogen and oxygen atoms in total. The van der Waals surface area contributed by atoms with E-state index in [4.69, 9.17) is 17.5 Å². The van der Waals surface area contributed by atoms with Crippen molar-refractivity contribution in [3.63, 3.8) is 0 Å². The Hall–Kier alpha value is 1.89. The zero-order valence-corrected chi connectivity index (χ0v) is 9.61. The van der Waals surface area contributed by atoms with Crippen molar-refractivity contribution < 1.29 is 65.0 Å². The average Bonchev–Trinajstić information content (AvgIpc) is 0.722. The molecule has 0 aromatic heterocycles. The summed E-state index contributed by atoms with van der Waals surface area (Å²) in [6, 6.07) is 0. The van der Waals surface area contributed by atoms with E-state index in [9.17, 15) is 0 Å². The Balaban J connectivity index is -0.0000000133. The topological polar surface area (TPSA) is 112 Å². The van der Waals surface area contributed by atoms with Crippen molar-refractivity contribution in [2.75, 3.05) is 0 Å². The molecule has 0 saturated carbocycles. The van der Waals surface area contributed by atoms with Gasteiger partial charge < -0.3 is 27.0 Å². The molecule has 0 aromatic carbocycles. The summed E-state index contributed by atoms with van der Waals surface area (Å²) < 4.78 is 34.1. The summed E-state index contributed by atoms with van der Waals surface area (Å²) in [6.45, 7) is 0. The van der Waals surface area contributed by atoms with Crippen LogP contribution in [-0.2, 0) is 10.4 Å². The Kier molecular flexibility index (Phi) is 42.8. The molecule has 2 N–H and O–H groups in total. The van der Waals surface area contributed by atoms with Gasteiger partial charge in [-0.15, -0.1) is 0 Å². The summed E-state index contributed by atoms with van der Waals surface area (Å²) in [6.07, 6.45) is 0. The minimum atomic E-state index is -5.17. The van der Waals surface area contributed by atoms with Crippen LogP contribution in [0.5, 0.6) is 0 Å². The van der Waals surface area contributed by atoms with Crippen LogP contribution in [0.1, 0.15) is 0 Å². The van der Waals surface area contributed by atoms with Crippen LogP contribution in [0.25, 0.3) is 0 Å². The van der Waals surface area contributed by atoms with Crippen molar-refractivity contribution in [3.8, 4) is 0 Å². The van der Waals surface area contributed by atoms with Gasteiger partial charge in [0, 0.05) is 10.4 Å². The molecule has 0 aliphatic heterocycles. The standard InChI is InChI=1S/ClH.Mg.Na.H2O4S.H2O/c;;;1-5(2,3)4;/h1H;;;(H2,1,2,3,4);1H2/q;+2;+1;;/p-3. The third-order valence-electron chi connectivity index (χ3n) is 0. The predicted molar refractivity (Wildman–Crippen MR) is 19.8 cm³/mol. The van der Waals surface area contributed by atoms with Crippen molar-refractivity contribution in [1.29, 1.82) is 0 Å². The van der Waals surface area contributed by atoms with Crippen LogP contribution >= 0.6 is 0 Å². The molecule has 0 unspecified atom stereocenters. The van der Waals surface area contributed by atoms with Crippen molar-refractivity contribution in [2.45, 2.75) is 0 Å². The van der Waals surface area contributed by atoms with Gasteiger partial charge in [-0.3, -0.25) is 8.42 Å². The van der Waals surface area contributed by atoms with E-state index in [0.717, 1.165) is 0 Å². The SMILES string of the molecule is O.O=S(=O)([O-])[O-].[Cl-].[Mg+2].[Na+]. The molecule has 0 saturated heterocycles. The average molecular weight is 197 g/mol.